The third kappa shape index (κ3) is 2.76. The molecule has 0 saturated heterocycles. The second-order valence-corrected chi connectivity index (χ2v) is 3.61. The number of aliphatic carboxylic acids is 1. The Morgan fingerprint density at radius 3 is 2.64 bits per heavy atom. The average Bonchev–Trinajstić information content (AvgIpc) is 2.08. The first-order valence-electron chi connectivity index (χ1n) is 3.87. The van der Waals surface area contributed by atoms with E-state index in [9.17, 15) is 4.79 Å². The third-order valence-corrected chi connectivity index (χ3v) is 2.39. The molecule has 74 valence electrons. The fourth-order valence-electron chi connectivity index (χ4n) is 1.03. The second-order valence-electron chi connectivity index (χ2n) is 2.80. The third-order valence-electron chi connectivity index (χ3n) is 1.65. The molecule has 0 aromatic heterocycles. The zero-order chi connectivity index (χ0) is 10.7. The Morgan fingerprint density at radius 2 is 2.07 bits per heavy atom. The molecule has 0 unspecified atom stereocenters. The maximum atomic E-state index is 10.3. The maximum absolute atomic E-state index is 10.3. The summed E-state index contributed by atoms with van der Waals surface area (Å²) >= 11 is 11.7. The summed E-state index contributed by atoms with van der Waals surface area (Å²) in [6.45, 7) is 1.81. The van der Waals surface area contributed by atoms with Crippen molar-refractivity contribution in [2.75, 3.05) is 0 Å². The first-order chi connectivity index (χ1) is 6.50. The minimum atomic E-state index is -1.02. The molecule has 0 aliphatic carbocycles. The van der Waals surface area contributed by atoms with Crippen molar-refractivity contribution in [2.24, 2.45) is 0 Å². The number of carboxylic acids is 1. The van der Waals surface area contributed by atoms with Crippen molar-refractivity contribution in [2.45, 2.75) is 6.92 Å². The van der Waals surface area contributed by atoms with Gasteiger partial charge in [-0.2, -0.15) is 0 Å². The number of rotatable bonds is 2. The van der Waals surface area contributed by atoms with Gasteiger partial charge in [-0.25, -0.2) is 4.79 Å². The van der Waals surface area contributed by atoms with Gasteiger partial charge in [0.1, 0.15) is 0 Å². The molecular formula is C10H8Cl2O2. The number of benzene rings is 1. The van der Waals surface area contributed by atoms with Crippen LogP contribution in [0, 0.1) is 6.92 Å². The van der Waals surface area contributed by atoms with Gasteiger partial charge in [0, 0.05) is 11.1 Å². The molecule has 0 saturated carbocycles. The van der Waals surface area contributed by atoms with E-state index >= 15 is 0 Å². The molecule has 0 aliphatic heterocycles. The SMILES string of the molecule is Cc1cc(Cl)cc(/C=C/C(=O)O)c1Cl. The summed E-state index contributed by atoms with van der Waals surface area (Å²) in [7, 11) is 0. The highest BCUT2D eigenvalue weighted by atomic mass is 35.5. The van der Waals surface area contributed by atoms with E-state index in [0.29, 0.717) is 15.6 Å². The largest absolute Gasteiger partial charge is 0.478 e. The van der Waals surface area contributed by atoms with Crippen molar-refractivity contribution in [3.05, 3.63) is 39.4 Å². The van der Waals surface area contributed by atoms with Crippen LogP contribution in [0.25, 0.3) is 6.08 Å². The van der Waals surface area contributed by atoms with Crippen LogP contribution in [0.2, 0.25) is 10.0 Å². The minimum Gasteiger partial charge on any atom is -0.478 e. The Labute approximate surface area is 91.8 Å². The fraction of sp³-hybridized carbons (Fsp3) is 0.100. The fourth-order valence-corrected chi connectivity index (χ4v) is 1.49. The molecule has 2 nitrogen and oxygen atoms in total. The monoisotopic (exact) mass is 230 g/mol. The molecular weight excluding hydrogens is 223 g/mol. The van der Waals surface area contributed by atoms with Gasteiger partial charge in [-0.3, -0.25) is 0 Å². The van der Waals surface area contributed by atoms with Gasteiger partial charge in [0.05, 0.1) is 5.02 Å². The van der Waals surface area contributed by atoms with Crippen molar-refractivity contribution in [1.29, 1.82) is 0 Å². The second kappa shape index (κ2) is 4.49. The normalized spacial score (nSPS) is 10.8. The summed E-state index contributed by atoms with van der Waals surface area (Å²) in [5.74, 6) is -1.02. The van der Waals surface area contributed by atoms with Crippen LogP contribution in [0.1, 0.15) is 11.1 Å². The van der Waals surface area contributed by atoms with Crippen molar-refractivity contribution in [3.63, 3.8) is 0 Å². The van der Waals surface area contributed by atoms with Crippen LogP contribution < -0.4 is 0 Å². The molecule has 0 amide bonds. The smallest absolute Gasteiger partial charge is 0.328 e. The van der Waals surface area contributed by atoms with E-state index in [0.717, 1.165) is 11.6 Å². The molecule has 0 heterocycles. The van der Waals surface area contributed by atoms with Gasteiger partial charge < -0.3 is 5.11 Å². The van der Waals surface area contributed by atoms with Gasteiger partial charge in [0.25, 0.3) is 0 Å². The van der Waals surface area contributed by atoms with Crippen molar-refractivity contribution < 1.29 is 9.90 Å². The van der Waals surface area contributed by atoms with Crippen molar-refractivity contribution in [1.82, 2.24) is 0 Å². The molecule has 1 aromatic carbocycles. The van der Waals surface area contributed by atoms with Crippen LogP contribution in [0.5, 0.6) is 0 Å². The van der Waals surface area contributed by atoms with E-state index in [4.69, 9.17) is 28.3 Å². The standard InChI is InChI=1S/C10H8Cl2O2/c1-6-4-8(11)5-7(10(6)12)2-3-9(13)14/h2-5H,1H3,(H,13,14)/b3-2+. The topological polar surface area (TPSA) is 37.3 Å². The molecule has 1 N–H and O–H groups in total. The predicted octanol–water partition coefficient (Wildman–Crippen LogP) is 3.40. The Hall–Kier alpha value is -0.990. The molecule has 0 atom stereocenters. The highest BCUT2D eigenvalue weighted by molar-refractivity contribution is 6.35. The zero-order valence-electron chi connectivity index (χ0n) is 7.42. The van der Waals surface area contributed by atoms with E-state index in [2.05, 4.69) is 0 Å². The Morgan fingerprint density at radius 1 is 1.43 bits per heavy atom. The molecule has 0 spiro atoms. The van der Waals surface area contributed by atoms with Gasteiger partial charge in [-0.15, -0.1) is 0 Å². The van der Waals surface area contributed by atoms with Gasteiger partial charge in [0.15, 0.2) is 0 Å². The van der Waals surface area contributed by atoms with E-state index < -0.39 is 5.97 Å². The molecule has 0 fully saturated rings. The number of aryl methyl sites for hydroxylation is 1. The zero-order valence-corrected chi connectivity index (χ0v) is 8.93. The lowest BCUT2D eigenvalue weighted by Crippen LogP contribution is -1.87. The molecule has 0 bridgehead atoms. The lowest BCUT2D eigenvalue weighted by molar-refractivity contribution is -0.131. The summed E-state index contributed by atoms with van der Waals surface area (Å²) in [6, 6.07) is 3.35. The van der Waals surface area contributed by atoms with Gasteiger partial charge in [0.2, 0.25) is 0 Å². The van der Waals surface area contributed by atoms with E-state index in [1.54, 1.807) is 12.1 Å². The molecule has 0 radical (unpaired) electrons. The van der Waals surface area contributed by atoms with Crippen LogP contribution >= 0.6 is 23.2 Å². The quantitative estimate of drug-likeness (QED) is 0.792. The number of hydrogen-bond donors (Lipinski definition) is 1. The average molecular weight is 231 g/mol. The number of hydrogen-bond acceptors (Lipinski definition) is 1. The highest BCUT2D eigenvalue weighted by Crippen LogP contribution is 2.26. The summed E-state index contributed by atoms with van der Waals surface area (Å²) in [6.07, 6.45) is 2.44. The lowest BCUT2D eigenvalue weighted by Gasteiger charge is -2.02. The van der Waals surface area contributed by atoms with E-state index in [1.807, 2.05) is 6.92 Å². The number of carbonyl (C=O) groups is 1. The predicted molar refractivity (Wildman–Crippen MR) is 57.9 cm³/mol. The molecule has 0 aliphatic rings. The maximum Gasteiger partial charge on any atom is 0.328 e. The summed E-state index contributed by atoms with van der Waals surface area (Å²) < 4.78 is 0. The van der Waals surface area contributed by atoms with Gasteiger partial charge in [-0.1, -0.05) is 23.2 Å². The molecule has 1 rings (SSSR count). The van der Waals surface area contributed by atoms with Crippen molar-refractivity contribution in [3.8, 4) is 0 Å². The van der Waals surface area contributed by atoms with Gasteiger partial charge >= 0.3 is 5.97 Å². The van der Waals surface area contributed by atoms with Crippen LogP contribution in [0.15, 0.2) is 18.2 Å². The van der Waals surface area contributed by atoms with Crippen LogP contribution in [0.3, 0.4) is 0 Å². The molecule has 14 heavy (non-hydrogen) atoms. The van der Waals surface area contributed by atoms with Crippen LogP contribution in [-0.4, -0.2) is 11.1 Å². The van der Waals surface area contributed by atoms with E-state index in [1.165, 1.54) is 6.08 Å². The van der Waals surface area contributed by atoms with E-state index in [-0.39, 0.29) is 0 Å². The first kappa shape index (κ1) is 11.1. The number of halogens is 2. The first-order valence-corrected chi connectivity index (χ1v) is 4.63. The number of carboxylic acid groups (broad SMARTS) is 1. The summed E-state index contributed by atoms with van der Waals surface area (Å²) in [4.78, 5) is 10.3. The lowest BCUT2D eigenvalue weighted by atomic mass is 10.1. The van der Waals surface area contributed by atoms with Gasteiger partial charge in [-0.05, 0) is 36.3 Å². The Kier molecular flexibility index (Phi) is 3.55. The minimum absolute atomic E-state index is 0.520. The highest BCUT2D eigenvalue weighted by Gasteiger charge is 2.02. The molecule has 4 heteroatoms. The van der Waals surface area contributed by atoms with Crippen molar-refractivity contribution >= 4 is 35.2 Å². The Bertz CT molecular complexity index is 397. The Balaban J connectivity index is 3.14. The molecule has 1 aromatic rings. The summed E-state index contributed by atoms with van der Waals surface area (Å²) in [5, 5.41) is 9.50. The van der Waals surface area contributed by atoms with Crippen LogP contribution in [-0.2, 0) is 4.79 Å². The van der Waals surface area contributed by atoms with Crippen LogP contribution in [0.4, 0.5) is 0 Å². The summed E-state index contributed by atoms with van der Waals surface area (Å²) in [5.41, 5.74) is 1.43.